The van der Waals surface area contributed by atoms with E-state index in [1.807, 2.05) is 56.1 Å². The third kappa shape index (κ3) is 43.1. The van der Waals surface area contributed by atoms with Crippen LogP contribution in [-0.4, -0.2) is 271 Å². The Morgan fingerprint density at radius 2 is 0.626 bits per heavy atom. The molecule has 14 N–H and O–H groups in total. The average molecular weight is 1790 g/mol. The summed E-state index contributed by atoms with van der Waals surface area (Å²) in [7, 11) is 0. The molecule has 7 rings (SSSR count). The standard InChI is InChI=1S/C88H148N14O18S3/c1-4-66(95-75(104)32-20-17-29-72-82-69(60-122-72)98-87(113)101-82)56-77(106)89-34-22-14-12-10-8-7-9-11-13-15-23-35-92-84(110)62-52-63(85(111)93-38-26-42-117-46-50-119-48-44-115-40-24-36-90-78(107)57-67(5-2)96-74(103)31-19-16-28-71-81-65(59-121-71)55-80(109)100-81)54-64(53-62)86(112)94-39-27-43-118-47-51-120-49-45-116-41-25-37-91-79(108)58-68(6-3)97-76(105)33-21-18-30-73-83-70(61-123-73)99-88(114)102-83/h52-54,65-73,81-83H,4-51,55-61H2,1-3H3,(H,89,106)(H,90,107)(H,91,108)(H,92,110)(H,93,111)(H,94,112)(H,95,104)(H,96,103)(H,97,105)(H,100,109)(H2,98,101,113)(H2,99,102,114). The predicted molar refractivity (Wildman–Crippen MR) is 480 cm³/mol. The third-order valence-corrected chi connectivity index (χ3v) is 27.7. The molecule has 6 saturated heterocycles. The van der Waals surface area contributed by atoms with Gasteiger partial charge in [-0.3, -0.25) is 47.9 Å². The second-order valence-electron chi connectivity index (χ2n) is 33.1. The van der Waals surface area contributed by atoms with Crippen LogP contribution in [0.4, 0.5) is 9.59 Å². The molecule has 6 heterocycles. The van der Waals surface area contributed by atoms with E-state index in [0.29, 0.717) is 198 Å². The third-order valence-electron chi connectivity index (χ3n) is 23.1. The molecule has 12 unspecified atom stereocenters. The second-order valence-corrected chi connectivity index (χ2v) is 37.0. The summed E-state index contributed by atoms with van der Waals surface area (Å²) in [6.07, 6.45) is 26.3. The van der Waals surface area contributed by atoms with E-state index in [0.717, 1.165) is 146 Å². The van der Waals surface area contributed by atoms with Crippen molar-refractivity contribution in [3.8, 4) is 0 Å². The van der Waals surface area contributed by atoms with Gasteiger partial charge in [-0.05, 0) is 126 Å². The summed E-state index contributed by atoms with van der Waals surface area (Å²) in [5, 5.41) is 43.0. The minimum Gasteiger partial charge on any atom is -0.379 e. The molecular weight excluding hydrogens is 1640 g/mol. The lowest BCUT2D eigenvalue weighted by Crippen LogP contribution is -2.39. The number of thioether (sulfide) groups is 3. The molecule has 0 saturated carbocycles. The first kappa shape index (κ1) is 103. The Labute approximate surface area is 742 Å². The molecule has 14 amide bonds. The molecular formula is C88H148N14O18S3. The van der Waals surface area contributed by atoms with E-state index >= 15 is 0 Å². The van der Waals surface area contributed by atoms with Gasteiger partial charge >= 0.3 is 12.1 Å². The number of hydrogen-bond acceptors (Lipinski definition) is 21. The van der Waals surface area contributed by atoms with E-state index in [-0.39, 0.29) is 157 Å². The molecule has 123 heavy (non-hydrogen) atoms. The molecule has 35 heteroatoms. The molecule has 1 aromatic rings. The molecule has 0 bridgehead atoms. The minimum atomic E-state index is -0.438. The lowest BCUT2D eigenvalue weighted by Gasteiger charge is -2.18. The fourth-order valence-corrected chi connectivity index (χ4v) is 20.7. The van der Waals surface area contributed by atoms with Gasteiger partial charge in [-0.1, -0.05) is 97.8 Å². The highest BCUT2D eigenvalue weighted by Gasteiger charge is 2.45. The number of benzene rings is 1. The highest BCUT2D eigenvalue weighted by molar-refractivity contribution is 8.00. The first-order chi connectivity index (χ1) is 59.9. The van der Waals surface area contributed by atoms with Gasteiger partial charge in [-0.15, -0.1) is 0 Å². The van der Waals surface area contributed by atoms with Crippen LogP contribution in [0.3, 0.4) is 0 Å². The van der Waals surface area contributed by atoms with E-state index in [4.69, 9.17) is 28.4 Å². The SMILES string of the molecule is CCC(CC(=O)NCCCCCCCCCCCCCNC(=O)c1cc(C(=O)NCCCOCCOCCOCCCNC(=O)CC(CC)NC(=O)CCCCC2SCC3CC(=O)NC32)cc(C(=O)NCCCOCCOCCOCCCNC(=O)CC(CC)NC(=O)CCCCC2SCC3NC(=O)NC32)c1)NC(=O)CCCCC1SCC2NC(=O)NC21. The highest BCUT2D eigenvalue weighted by Crippen LogP contribution is 2.40. The maximum atomic E-state index is 13.7. The minimum absolute atomic E-state index is 0.0196. The summed E-state index contributed by atoms with van der Waals surface area (Å²) in [5.41, 5.74) is 0.538. The van der Waals surface area contributed by atoms with Crippen molar-refractivity contribution >= 4 is 106 Å². The topological polar surface area (TPSA) is 429 Å². The van der Waals surface area contributed by atoms with E-state index in [1.165, 1.54) is 18.2 Å². The number of nitrogens with one attached hydrogen (secondary N) is 14. The molecule has 12 atom stereocenters. The molecule has 0 aromatic heterocycles. The van der Waals surface area contributed by atoms with Crippen molar-refractivity contribution in [3.05, 3.63) is 34.9 Å². The number of ether oxygens (including phenoxy) is 6. The van der Waals surface area contributed by atoms with Gasteiger partial charge in [0.15, 0.2) is 0 Å². The van der Waals surface area contributed by atoms with Crippen LogP contribution in [0.25, 0.3) is 0 Å². The Kier molecular flexibility index (Phi) is 52.5. The van der Waals surface area contributed by atoms with Crippen LogP contribution in [0.1, 0.15) is 270 Å². The first-order valence-electron chi connectivity index (χ1n) is 46.3. The molecule has 0 spiro atoms. The van der Waals surface area contributed by atoms with Crippen molar-refractivity contribution in [2.24, 2.45) is 5.92 Å². The number of amides is 14. The number of urea groups is 2. The largest absolute Gasteiger partial charge is 0.379 e. The number of rotatable bonds is 72. The van der Waals surface area contributed by atoms with Crippen LogP contribution in [-0.2, 0) is 62.0 Å². The average Bonchev–Trinajstić information content (AvgIpc) is 1.56. The number of unbranched alkanes of at least 4 members (excludes halogenated alkanes) is 13. The van der Waals surface area contributed by atoms with Gasteiger partial charge in [0.2, 0.25) is 41.4 Å². The van der Waals surface area contributed by atoms with Gasteiger partial charge in [-0.25, -0.2) is 9.59 Å². The summed E-state index contributed by atoms with van der Waals surface area (Å²) in [6.45, 7) is 12.9. The molecule has 1 aromatic carbocycles. The summed E-state index contributed by atoms with van der Waals surface area (Å²) >= 11 is 5.68. The van der Waals surface area contributed by atoms with Gasteiger partial charge in [-0.2, -0.15) is 35.3 Å². The first-order valence-corrected chi connectivity index (χ1v) is 49.4. The quantitative estimate of drug-likeness (QED) is 0.0220. The Morgan fingerprint density at radius 3 is 0.967 bits per heavy atom. The summed E-state index contributed by atoms with van der Waals surface area (Å²) < 4.78 is 34.2. The summed E-state index contributed by atoms with van der Waals surface area (Å²) in [4.78, 5) is 152. The molecule has 6 fully saturated rings. The van der Waals surface area contributed by atoms with E-state index in [2.05, 4.69) is 74.4 Å². The van der Waals surface area contributed by atoms with Gasteiger partial charge in [0.25, 0.3) is 17.7 Å². The molecule has 0 aliphatic carbocycles. The number of hydrogen-bond donors (Lipinski definition) is 14. The Balaban J connectivity index is 0.688. The second kappa shape index (κ2) is 62.4. The summed E-state index contributed by atoms with van der Waals surface area (Å²) in [6, 6.07) is 4.64. The zero-order chi connectivity index (χ0) is 87.9. The van der Waals surface area contributed by atoms with Crippen LogP contribution in [0, 0.1) is 5.92 Å². The number of fused-ring (bicyclic) bond motifs is 3. The zero-order valence-electron chi connectivity index (χ0n) is 73.6. The van der Waals surface area contributed by atoms with Crippen LogP contribution < -0.4 is 74.4 Å². The fraction of sp³-hybridized carbons (Fsp3) is 0.795. The number of carbonyl (C=O) groups excluding carboxylic acids is 12. The molecule has 6 aliphatic heterocycles. The maximum absolute atomic E-state index is 13.7. The van der Waals surface area contributed by atoms with Crippen LogP contribution >= 0.6 is 35.3 Å². The summed E-state index contributed by atoms with van der Waals surface area (Å²) in [5.74, 6) is 1.79. The van der Waals surface area contributed by atoms with Crippen LogP contribution in [0.2, 0.25) is 0 Å². The fourth-order valence-electron chi connectivity index (χ4n) is 16.0. The van der Waals surface area contributed by atoms with Crippen molar-refractivity contribution in [2.45, 2.75) is 303 Å². The van der Waals surface area contributed by atoms with Crippen LogP contribution in [0.15, 0.2) is 18.2 Å². The van der Waals surface area contributed by atoms with Crippen molar-refractivity contribution in [1.82, 2.24) is 74.4 Å². The van der Waals surface area contributed by atoms with Crippen LogP contribution in [0.5, 0.6) is 0 Å². The van der Waals surface area contributed by atoms with E-state index < -0.39 is 11.8 Å². The zero-order valence-corrected chi connectivity index (χ0v) is 76.1. The maximum Gasteiger partial charge on any atom is 0.315 e. The Bertz CT molecular complexity index is 2990. The molecule has 696 valence electrons. The monoisotopic (exact) mass is 1790 g/mol. The van der Waals surface area contributed by atoms with Gasteiger partial charge < -0.3 is 103 Å². The molecule has 6 aliphatic rings. The van der Waals surface area contributed by atoms with E-state index in [1.54, 1.807) is 0 Å². The van der Waals surface area contributed by atoms with E-state index in [9.17, 15) is 57.5 Å². The number of carbonyl (C=O) groups is 12. The van der Waals surface area contributed by atoms with Crippen molar-refractivity contribution in [2.75, 3.05) is 136 Å². The lowest BCUT2D eigenvalue weighted by molar-refractivity contribution is -0.125. The molecule has 0 radical (unpaired) electrons. The van der Waals surface area contributed by atoms with Crippen molar-refractivity contribution in [1.29, 1.82) is 0 Å². The normalized spacial score (nSPS) is 20.5. The Hall–Kier alpha value is -6.73. The predicted octanol–water partition coefficient (Wildman–Crippen LogP) is 7.66. The highest BCUT2D eigenvalue weighted by atomic mass is 32.2. The molecule has 32 nitrogen and oxygen atoms in total. The Morgan fingerprint density at radius 1 is 0.333 bits per heavy atom. The smallest absolute Gasteiger partial charge is 0.315 e. The van der Waals surface area contributed by atoms with Gasteiger partial charge in [0, 0.05) is 179 Å². The van der Waals surface area contributed by atoms with Gasteiger partial charge in [0.05, 0.1) is 77.0 Å². The van der Waals surface area contributed by atoms with Gasteiger partial charge in [0.1, 0.15) is 0 Å². The van der Waals surface area contributed by atoms with Crippen molar-refractivity contribution in [3.63, 3.8) is 0 Å². The lowest BCUT2D eigenvalue weighted by atomic mass is 9.97. The van der Waals surface area contributed by atoms with Crippen molar-refractivity contribution < 1.29 is 86.0 Å².